The number of anilines is 2. The Labute approximate surface area is 215 Å². The van der Waals surface area contributed by atoms with Crippen LogP contribution < -0.4 is 4.31 Å². The van der Waals surface area contributed by atoms with E-state index in [1.165, 1.54) is 0 Å². The molecule has 176 valence electrons. The van der Waals surface area contributed by atoms with Crippen molar-refractivity contribution in [3.05, 3.63) is 88.0 Å². The number of rotatable bonds is 8. The number of phenolic OH excluding ortho intramolecular Hbond substituents is 1. The molecule has 7 heteroatoms. The third-order valence-corrected chi connectivity index (χ3v) is 7.25. The molecule has 1 heterocycles. The van der Waals surface area contributed by atoms with Gasteiger partial charge in [0.2, 0.25) is 0 Å². The Bertz CT molecular complexity index is 1290. The third-order valence-electron chi connectivity index (χ3n) is 5.69. The number of benzene rings is 3. The van der Waals surface area contributed by atoms with E-state index in [0.717, 1.165) is 51.5 Å². The smallest absolute Gasteiger partial charge is 0.120 e. The van der Waals surface area contributed by atoms with Gasteiger partial charge in [0.1, 0.15) is 5.75 Å². The fraction of sp³-hybridized carbons (Fsp3) is 0.222. The Hall–Kier alpha value is -2.44. The summed E-state index contributed by atoms with van der Waals surface area (Å²) in [5.41, 5.74) is 4.58. The van der Waals surface area contributed by atoms with E-state index in [4.69, 9.17) is 28.2 Å². The van der Waals surface area contributed by atoms with E-state index in [1.54, 1.807) is 18.0 Å². The van der Waals surface area contributed by atoms with E-state index >= 15 is 0 Å². The van der Waals surface area contributed by atoms with Crippen molar-refractivity contribution in [1.82, 2.24) is 9.88 Å². The van der Waals surface area contributed by atoms with Crippen LogP contribution in [0.15, 0.2) is 71.6 Å². The van der Waals surface area contributed by atoms with E-state index in [9.17, 15) is 5.11 Å². The van der Waals surface area contributed by atoms with E-state index in [-0.39, 0.29) is 0 Å². The van der Waals surface area contributed by atoms with Gasteiger partial charge in [-0.3, -0.25) is 14.2 Å². The molecule has 0 aliphatic carbocycles. The highest BCUT2D eigenvalue weighted by atomic mass is 35.5. The first-order valence-corrected chi connectivity index (χ1v) is 12.8. The van der Waals surface area contributed by atoms with Crippen LogP contribution in [0.5, 0.6) is 5.75 Å². The highest BCUT2D eigenvalue weighted by molar-refractivity contribution is 8.01. The lowest BCUT2D eigenvalue weighted by Gasteiger charge is -2.27. The van der Waals surface area contributed by atoms with Crippen LogP contribution in [0.3, 0.4) is 0 Å². The summed E-state index contributed by atoms with van der Waals surface area (Å²) in [6.07, 6.45) is 0. The van der Waals surface area contributed by atoms with Crippen molar-refractivity contribution in [3.63, 3.8) is 0 Å². The van der Waals surface area contributed by atoms with E-state index in [0.29, 0.717) is 22.3 Å². The van der Waals surface area contributed by atoms with Gasteiger partial charge in [-0.05, 0) is 98.7 Å². The second-order valence-electron chi connectivity index (χ2n) is 8.06. The van der Waals surface area contributed by atoms with Crippen molar-refractivity contribution < 1.29 is 5.11 Å². The molecular formula is C27H27Cl2N3OS. The molecule has 0 aliphatic heterocycles. The molecule has 1 N–H and O–H groups in total. The number of aromatic nitrogens is 1. The average molecular weight is 513 g/mol. The van der Waals surface area contributed by atoms with Gasteiger partial charge in [-0.1, -0.05) is 37.0 Å². The molecule has 0 bridgehead atoms. The standard InChI is InChI=1S/C27H27Cl2N3OS/c1-4-31(5-2)17-19-15-22(9-13-27(19)33)32(34-23-10-6-20(28)7-11-23)26-14-18(3)30-25-16-21(29)8-12-24(25)26/h6-16,33H,4-5,17H2,1-3H3. The highest BCUT2D eigenvalue weighted by Crippen LogP contribution is 2.42. The molecule has 4 aromatic rings. The van der Waals surface area contributed by atoms with Gasteiger partial charge in [-0.25, -0.2) is 0 Å². The molecule has 0 saturated carbocycles. The molecule has 0 unspecified atom stereocenters. The topological polar surface area (TPSA) is 39.6 Å². The monoisotopic (exact) mass is 511 g/mol. The van der Waals surface area contributed by atoms with Crippen LogP contribution in [0.4, 0.5) is 11.4 Å². The second kappa shape index (κ2) is 10.9. The van der Waals surface area contributed by atoms with Crippen molar-refractivity contribution in [2.45, 2.75) is 32.2 Å². The molecule has 0 atom stereocenters. The average Bonchev–Trinajstić information content (AvgIpc) is 2.82. The molecule has 3 aromatic carbocycles. The molecule has 1 aromatic heterocycles. The zero-order valence-electron chi connectivity index (χ0n) is 19.4. The minimum Gasteiger partial charge on any atom is -0.508 e. The van der Waals surface area contributed by atoms with Gasteiger partial charge in [0, 0.05) is 38.1 Å². The molecule has 4 nitrogen and oxygen atoms in total. The normalized spacial score (nSPS) is 11.4. The largest absolute Gasteiger partial charge is 0.508 e. The fourth-order valence-electron chi connectivity index (χ4n) is 3.83. The fourth-order valence-corrected chi connectivity index (χ4v) is 5.06. The number of hydrogen-bond acceptors (Lipinski definition) is 5. The molecule has 34 heavy (non-hydrogen) atoms. The summed E-state index contributed by atoms with van der Waals surface area (Å²) >= 11 is 14.0. The summed E-state index contributed by atoms with van der Waals surface area (Å²) < 4.78 is 2.18. The maximum atomic E-state index is 10.6. The predicted octanol–water partition coefficient (Wildman–Crippen LogP) is 8.24. The van der Waals surface area contributed by atoms with Gasteiger partial charge in [-0.15, -0.1) is 0 Å². The zero-order chi connectivity index (χ0) is 24.2. The Morgan fingerprint density at radius 2 is 1.59 bits per heavy atom. The molecule has 0 aliphatic rings. The van der Waals surface area contributed by atoms with Crippen molar-refractivity contribution in [2.75, 3.05) is 17.4 Å². The third kappa shape index (κ3) is 5.61. The van der Waals surface area contributed by atoms with Crippen LogP contribution >= 0.6 is 35.1 Å². The number of pyridine rings is 1. The summed E-state index contributed by atoms with van der Waals surface area (Å²) in [6, 6.07) is 21.4. The van der Waals surface area contributed by atoms with E-state index < -0.39 is 0 Å². The maximum Gasteiger partial charge on any atom is 0.120 e. The first-order chi connectivity index (χ1) is 16.4. The van der Waals surface area contributed by atoms with Gasteiger partial charge >= 0.3 is 0 Å². The summed E-state index contributed by atoms with van der Waals surface area (Å²) in [4.78, 5) is 8.02. The number of aromatic hydroxyl groups is 1. The molecule has 0 radical (unpaired) electrons. The lowest BCUT2D eigenvalue weighted by molar-refractivity contribution is 0.291. The number of aryl methyl sites for hydroxylation is 1. The molecule has 0 amide bonds. The van der Waals surface area contributed by atoms with Crippen molar-refractivity contribution in [3.8, 4) is 5.75 Å². The molecule has 0 fully saturated rings. The SMILES string of the molecule is CCN(CC)Cc1cc(N(Sc2ccc(Cl)cc2)c2cc(C)nc3cc(Cl)ccc23)ccc1O. The summed E-state index contributed by atoms with van der Waals surface area (Å²) in [6.45, 7) is 8.75. The summed E-state index contributed by atoms with van der Waals surface area (Å²) in [5, 5.41) is 12.9. The van der Waals surface area contributed by atoms with Crippen molar-refractivity contribution >= 4 is 57.4 Å². The van der Waals surface area contributed by atoms with Crippen LogP contribution in [0.2, 0.25) is 10.0 Å². The van der Waals surface area contributed by atoms with Crippen LogP contribution in [-0.2, 0) is 6.54 Å². The van der Waals surface area contributed by atoms with Crippen LogP contribution in [0.1, 0.15) is 25.1 Å². The first kappa shape index (κ1) is 24.7. The number of nitrogens with zero attached hydrogens (tertiary/aromatic N) is 3. The Morgan fingerprint density at radius 3 is 2.29 bits per heavy atom. The molecule has 4 rings (SSSR count). The highest BCUT2D eigenvalue weighted by Gasteiger charge is 2.18. The molecule has 0 saturated heterocycles. The number of phenols is 1. The molecular weight excluding hydrogens is 485 g/mol. The van der Waals surface area contributed by atoms with Gasteiger partial charge < -0.3 is 5.11 Å². The maximum absolute atomic E-state index is 10.6. The van der Waals surface area contributed by atoms with Crippen LogP contribution in [0, 0.1) is 6.92 Å². The Balaban J connectivity index is 1.86. The van der Waals surface area contributed by atoms with Gasteiger partial charge in [0.15, 0.2) is 0 Å². The van der Waals surface area contributed by atoms with Gasteiger partial charge in [-0.2, -0.15) is 0 Å². The van der Waals surface area contributed by atoms with E-state index in [1.807, 2.05) is 55.5 Å². The Morgan fingerprint density at radius 1 is 0.882 bits per heavy atom. The van der Waals surface area contributed by atoms with Gasteiger partial charge in [0.25, 0.3) is 0 Å². The second-order valence-corrected chi connectivity index (χ2v) is 9.95. The van der Waals surface area contributed by atoms with E-state index in [2.05, 4.69) is 35.2 Å². The van der Waals surface area contributed by atoms with Crippen molar-refractivity contribution in [1.29, 1.82) is 0 Å². The van der Waals surface area contributed by atoms with Crippen molar-refractivity contribution in [2.24, 2.45) is 0 Å². The van der Waals surface area contributed by atoms with Crippen LogP contribution in [-0.4, -0.2) is 28.1 Å². The lowest BCUT2D eigenvalue weighted by atomic mass is 10.1. The summed E-state index contributed by atoms with van der Waals surface area (Å²) in [7, 11) is 0. The number of halogens is 2. The minimum absolute atomic E-state index is 0.301. The summed E-state index contributed by atoms with van der Waals surface area (Å²) in [5.74, 6) is 0.301. The van der Waals surface area contributed by atoms with Crippen LogP contribution in [0.25, 0.3) is 10.9 Å². The van der Waals surface area contributed by atoms with Gasteiger partial charge in [0.05, 0.1) is 16.9 Å². The predicted molar refractivity (Wildman–Crippen MR) is 146 cm³/mol. The minimum atomic E-state index is 0.301. The quantitative estimate of drug-likeness (QED) is 0.241. The molecule has 0 spiro atoms. The first-order valence-electron chi connectivity index (χ1n) is 11.2. The Kier molecular flexibility index (Phi) is 7.89. The number of hydrogen-bond donors (Lipinski definition) is 1. The lowest BCUT2D eigenvalue weighted by Crippen LogP contribution is -2.22. The zero-order valence-corrected chi connectivity index (χ0v) is 21.8. The number of fused-ring (bicyclic) bond motifs is 1.